The lowest BCUT2D eigenvalue weighted by atomic mass is 9.88. The summed E-state index contributed by atoms with van der Waals surface area (Å²) in [5.41, 5.74) is -0.372. The molecule has 0 saturated carbocycles. The van der Waals surface area contributed by atoms with Gasteiger partial charge in [-0.05, 0) is 18.6 Å². The molecule has 4 heteroatoms. The van der Waals surface area contributed by atoms with E-state index in [1.165, 1.54) is 0 Å². The maximum atomic E-state index is 11.6. The molecule has 1 unspecified atom stereocenters. The van der Waals surface area contributed by atoms with E-state index in [1.807, 2.05) is 13.0 Å². The van der Waals surface area contributed by atoms with Crippen LogP contribution in [0.3, 0.4) is 0 Å². The Morgan fingerprint density at radius 2 is 1.94 bits per heavy atom. The van der Waals surface area contributed by atoms with E-state index in [0.29, 0.717) is 12.0 Å². The number of rotatable bonds is 5. The summed E-state index contributed by atoms with van der Waals surface area (Å²) in [5.74, 6) is -0.453. The molecule has 94 valence electrons. The zero-order chi connectivity index (χ0) is 12.9. The first kappa shape index (κ1) is 13.7. The second kappa shape index (κ2) is 5.80. The number of carbonyl (C=O) groups is 1. The van der Waals surface area contributed by atoms with Crippen molar-refractivity contribution in [2.45, 2.75) is 26.6 Å². The number of ether oxygens (including phenoxy) is 1. The van der Waals surface area contributed by atoms with Crippen LogP contribution in [0, 0.1) is 5.41 Å². The molecule has 0 aliphatic rings. The van der Waals surface area contributed by atoms with Gasteiger partial charge in [0.25, 0.3) is 0 Å². The first-order valence-corrected chi connectivity index (χ1v) is 5.58. The molecule has 0 saturated heterocycles. The lowest BCUT2D eigenvalue weighted by Gasteiger charge is -2.29. The largest absolute Gasteiger partial charge is 0.461 e. The molecule has 17 heavy (non-hydrogen) atoms. The molecule has 4 nitrogen and oxygen atoms in total. The van der Waals surface area contributed by atoms with Crippen molar-refractivity contribution in [1.82, 2.24) is 0 Å². The topological polar surface area (TPSA) is 66.8 Å². The molecule has 0 spiro atoms. The number of aliphatic hydroxyl groups is 2. The lowest BCUT2D eigenvalue weighted by Crippen LogP contribution is -2.36. The fraction of sp³-hybridized carbons (Fsp3) is 0.462. The van der Waals surface area contributed by atoms with Gasteiger partial charge in [-0.15, -0.1) is 0 Å². The van der Waals surface area contributed by atoms with Crippen molar-refractivity contribution in [2.75, 3.05) is 6.61 Å². The minimum Gasteiger partial charge on any atom is -0.461 e. The predicted octanol–water partition coefficient (Wildman–Crippen LogP) is 1.57. The normalized spacial score (nSPS) is 14.4. The molecule has 0 bridgehead atoms. The molecule has 0 aliphatic heterocycles. The van der Waals surface area contributed by atoms with Gasteiger partial charge >= 0.3 is 5.97 Å². The first-order valence-electron chi connectivity index (χ1n) is 5.58. The Labute approximate surface area is 101 Å². The summed E-state index contributed by atoms with van der Waals surface area (Å²) in [6.07, 6.45) is -0.997. The van der Waals surface area contributed by atoms with Gasteiger partial charge in [-0.2, -0.15) is 0 Å². The Kier molecular flexibility index (Phi) is 4.66. The van der Waals surface area contributed by atoms with E-state index in [2.05, 4.69) is 0 Å². The van der Waals surface area contributed by atoms with E-state index in [1.54, 1.807) is 31.2 Å². The third-order valence-corrected chi connectivity index (χ3v) is 2.97. The van der Waals surface area contributed by atoms with Gasteiger partial charge in [0.2, 0.25) is 0 Å². The zero-order valence-electron chi connectivity index (χ0n) is 10.1. The van der Waals surface area contributed by atoms with E-state index < -0.39 is 17.7 Å². The minimum atomic E-state index is -1.50. The molecule has 1 aromatic rings. The highest BCUT2D eigenvalue weighted by Gasteiger charge is 2.31. The first-order chi connectivity index (χ1) is 7.99. The molecule has 0 heterocycles. The van der Waals surface area contributed by atoms with Crippen molar-refractivity contribution in [3.05, 3.63) is 35.9 Å². The Bertz CT molecular complexity index is 361. The van der Waals surface area contributed by atoms with Crippen molar-refractivity contribution < 1.29 is 19.7 Å². The highest BCUT2D eigenvalue weighted by molar-refractivity contribution is 5.89. The molecular formula is C13H18O4. The van der Waals surface area contributed by atoms with Crippen LogP contribution in [0.1, 0.15) is 30.6 Å². The molecule has 0 aromatic heterocycles. The van der Waals surface area contributed by atoms with Crippen LogP contribution in [0.25, 0.3) is 0 Å². The highest BCUT2D eigenvalue weighted by Crippen LogP contribution is 2.25. The number of esters is 1. The minimum absolute atomic E-state index is 0.0190. The van der Waals surface area contributed by atoms with E-state index in [9.17, 15) is 15.0 Å². The Balaban J connectivity index is 2.59. The van der Waals surface area contributed by atoms with Gasteiger partial charge in [0, 0.05) is 0 Å². The van der Waals surface area contributed by atoms with E-state index in [-0.39, 0.29) is 6.61 Å². The van der Waals surface area contributed by atoms with Crippen molar-refractivity contribution >= 4 is 5.97 Å². The number of hydrogen-bond acceptors (Lipinski definition) is 4. The Morgan fingerprint density at radius 3 is 2.41 bits per heavy atom. The summed E-state index contributed by atoms with van der Waals surface area (Å²) in [7, 11) is 0. The van der Waals surface area contributed by atoms with Crippen LogP contribution >= 0.6 is 0 Å². The van der Waals surface area contributed by atoms with Crippen LogP contribution in [0.4, 0.5) is 0 Å². The van der Waals surface area contributed by atoms with E-state index in [0.717, 1.165) is 0 Å². The highest BCUT2D eigenvalue weighted by atomic mass is 16.5. The van der Waals surface area contributed by atoms with Gasteiger partial charge in [0.15, 0.2) is 6.29 Å². The van der Waals surface area contributed by atoms with Crippen LogP contribution in [0.5, 0.6) is 0 Å². The number of aliphatic hydroxyl groups excluding tert-OH is 1. The van der Waals surface area contributed by atoms with Gasteiger partial charge in [-0.1, -0.05) is 32.0 Å². The van der Waals surface area contributed by atoms with Crippen LogP contribution in [0.15, 0.2) is 30.3 Å². The van der Waals surface area contributed by atoms with Crippen molar-refractivity contribution in [2.24, 2.45) is 5.41 Å². The predicted molar refractivity (Wildman–Crippen MR) is 63.3 cm³/mol. The Hall–Kier alpha value is -1.39. The third-order valence-electron chi connectivity index (χ3n) is 2.97. The molecule has 0 aliphatic carbocycles. The van der Waals surface area contributed by atoms with Crippen molar-refractivity contribution in [3.63, 3.8) is 0 Å². The fourth-order valence-corrected chi connectivity index (χ4v) is 1.25. The lowest BCUT2D eigenvalue weighted by molar-refractivity contribution is -0.146. The van der Waals surface area contributed by atoms with Crippen LogP contribution in [0.2, 0.25) is 0 Å². The summed E-state index contributed by atoms with van der Waals surface area (Å²) in [4.78, 5) is 11.6. The average Bonchev–Trinajstić information content (AvgIpc) is 2.36. The standard InChI is InChI=1S/C13H18O4/c1-3-13(2,12(15)16)9-17-11(14)10-7-5-4-6-8-10/h4-8,12,15-16H,3,9H2,1-2H3. The van der Waals surface area contributed by atoms with Crippen molar-refractivity contribution in [1.29, 1.82) is 0 Å². The van der Waals surface area contributed by atoms with E-state index in [4.69, 9.17) is 4.74 Å². The van der Waals surface area contributed by atoms with Gasteiger partial charge in [0.05, 0.1) is 11.0 Å². The maximum Gasteiger partial charge on any atom is 0.338 e. The van der Waals surface area contributed by atoms with Crippen LogP contribution in [-0.4, -0.2) is 29.1 Å². The van der Waals surface area contributed by atoms with Gasteiger partial charge in [-0.25, -0.2) is 4.79 Å². The van der Waals surface area contributed by atoms with Crippen LogP contribution in [-0.2, 0) is 4.74 Å². The average molecular weight is 238 g/mol. The van der Waals surface area contributed by atoms with Crippen molar-refractivity contribution in [3.8, 4) is 0 Å². The second-order valence-corrected chi connectivity index (χ2v) is 4.32. The smallest absolute Gasteiger partial charge is 0.338 e. The second-order valence-electron chi connectivity index (χ2n) is 4.32. The monoisotopic (exact) mass is 238 g/mol. The Morgan fingerprint density at radius 1 is 1.35 bits per heavy atom. The quantitative estimate of drug-likeness (QED) is 0.603. The maximum absolute atomic E-state index is 11.6. The third kappa shape index (κ3) is 3.54. The van der Waals surface area contributed by atoms with Gasteiger partial charge in [0.1, 0.15) is 6.61 Å². The van der Waals surface area contributed by atoms with Gasteiger partial charge in [-0.3, -0.25) is 0 Å². The molecule has 2 N–H and O–H groups in total. The number of carbonyl (C=O) groups excluding carboxylic acids is 1. The molecule has 1 aromatic carbocycles. The molecule has 0 amide bonds. The molecule has 1 rings (SSSR count). The molecule has 0 radical (unpaired) electrons. The fourth-order valence-electron chi connectivity index (χ4n) is 1.25. The summed E-state index contributed by atoms with van der Waals surface area (Å²) in [6.45, 7) is 3.46. The number of hydrogen-bond donors (Lipinski definition) is 2. The molecule has 1 atom stereocenters. The summed E-state index contributed by atoms with van der Waals surface area (Å²) >= 11 is 0. The molecular weight excluding hydrogens is 220 g/mol. The summed E-state index contributed by atoms with van der Waals surface area (Å²) in [6, 6.07) is 8.61. The zero-order valence-corrected chi connectivity index (χ0v) is 10.1. The SMILES string of the molecule is CCC(C)(COC(=O)c1ccccc1)C(O)O. The summed E-state index contributed by atoms with van der Waals surface area (Å²) < 4.78 is 5.09. The summed E-state index contributed by atoms with van der Waals surface area (Å²) in [5, 5.41) is 18.4. The number of benzene rings is 1. The van der Waals surface area contributed by atoms with Crippen LogP contribution < -0.4 is 0 Å². The molecule has 0 fully saturated rings. The van der Waals surface area contributed by atoms with Gasteiger partial charge < -0.3 is 14.9 Å². The van der Waals surface area contributed by atoms with E-state index >= 15 is 0 Å².